The molecule has 1 aromatic carbocycles. The Morgan fingerprint density at radius 3 is 2.47 bits per heavy atom. The molecule has 1 aromatic heterocycles. The minimum absolute atomic E-state index is 0.0544. The molecule has 1 aliphatic rings. The van der Waals surface area contributed by atoms with Gasteiger partial charge in [-0.2, -0.15) is 0 Å². The van der Waals surface area contributed by atoms with Crippen LogP contribution in [0.5, 0.6) is 11.5 Å². The second kappa shape index (κ2) is 11.7. The highest BCUT2D eigenvalue weighted by Gasteiger charge is 2.28. The lowest BCUT2D eigenvalue weighted by molar-refractivity contribution is -0.127. The van der Waals surface area contributed by atoms with Crippen molar-refractivity contribution >= 4 is 17.2 Å². The van der Waals surface area contributed by atoms with E-state index >= 15 is 0 Å². The van der Waals surface area contributed by atoms with Gasteiger partial charge in [-0.1, -0.05) is 19.9 Å². The zero-order valence-corrected chi connectivity index (χ0v) is 20.8. The molecule has 1 saturated heterocycles. The Hall–Kier alpha value is -2.12. The van der Waals surface area contributed by atoms with Gasteiger partial charge in [-0.3, -0.25) is 9.69 Å². The molecule has 0 saturated carbocycles. The highest BCUT2D eigenvalue weighted by Crippen LogP contribution is 2.33. The molecule has 7 heteroatoms. The summed E-state index contributed by atoms with van der Waals surface area (Å²) < 4.78 is 11.5. The van der Waals surface area contributed by atoms with E-state index < -0.39 is 0 Å². The summed E-state index contributed by atoms with van der Waals surface area (Å²) in [6.45, 7) is 14.1. The van der Waals surface area contributed by atoms with Crippen LogP contribution in [0.4, 0.5) is 0 Å². The number of rotatable bonds is 10. The molecule has 2 aromatic rings. The fourth-order valence-corrected chi connectivity index (χ4v) is 4.83. The van der Waals surface area contributed by atoms with Gasteiger partial charge in [0.1, 0.15) is 0 Å². The first kappa shape index (κ1) is 24.5. The Kier molecular flexibility index (Phi) is 8.93. The van der Waals surface area contributed by atoms with Crippen molar-refractivity contribution < 1.29 is 14.3 Å². The van der Waals surface area contributed by atoms with Gasteiger partial charge >= 0.3 is 0 Å². The van der Waals surface area contributed by atoms with Gasteiger partial charge in [0.05, 0.1) is 30.0 Å². The molecule has 0 radical (unpaired) electrons. The minimum Gasteiger partial charge on any atom is -0.490 e. The molecule has 0 spiro atoms. The lowest BCUT2D eigenvalue weighted by Gasteiger charge is -2.32. The molecule has 6 nitrogen and oxygen atoms in total. The van der Waals surface area contributed by atoms with Crippen LogP contribution in [0.15, 0.2) is 23.6 Å². The number of amides is 1. The standard InChI is InChI=1S/C25H37N3O3S/c1-6-30-22-9-8-20(14-23(22)31-7-2)24(17(3)4)27-25(29)19-10-12-28(13-11-19)15-21-16-32-18(5)26-21/h8-9,14,16-17,19,24H,6-7,10-13,15H2,1-5H3,(H,27,29). The van der Waals surface area contributed by atoms with E-state index in [-0.39, 0.29) is 23.8 Å². The van der Waals surface area contributed by atoms with Gasteiger partial charge in [0.15, 0.2) is 11.5 Å². The third-order valence-corrected chi connectivity index (χ3v) is 6.72. The van der Waals surface area contributed by atoms with E-state index in [1.54, 1.807) is 11.3 Å². The first-order valence-electron chi connectivity index (χ1n) is 11.7. The monoisotopic (exact) mass is 459 g/mol. The summed E-state index contributed by atoms with van der Waals surface area (Å²) in [5, 5.41) is 6.57. The molecule has 1 amide bonds. The number of benzene rings is 1. The van der Waals surface area contributed by atoms with E-state index in [0.717, 1.165) is 60.2 Å². The maximum Gasteiger partial charge on any atom is 0.223 e. The molecule has 32 heavy (non-hydrogen) atoms. The number of hydrogen-bond acceptors (Lipinski definition) is 6. The highest BCUT2D eigenvalue weighted by atomic mass is 32.1. The van der Waals surface area contributed by atoms with Crippen LogP contribution >= 0.6 is 11.3 Å². The third-order valence-electron chi connectivity index (χ3n) is 5.90. The number of likely N-dealkylation sites (tertiary alicyclic amines) is 1. The summed E-state index contributed by atoms with van der Waals surface area (Å²) in [5.74, 6) is 1.95. The topological polar surface area (TPSA) is 63.7 Å². The molecular formula is C25H37N3O3S. The Bertz CT molecular complexity index is 875. The Morgan fingerprint density at radius 2 is 1.88 bits per heavy atom. The highest BCUT2D eigenvalue weighted by molar-refractivity contribution is 7.09. The number of hydrogen-bond donors (Lipinski definition) is 1. The normalized spacial score (nSPS) is 16.2. The number of aromatic nitrogens is 1. The summed E-state index contributed by atoms with van der Waals surface area (Å²) in [4.78, 5) is 20.1. The average molecular weight is 460 g/mol. The molecule has 0 aliphatic carbocycles. The van der Waals surface area contributed by atoms with Crippen LogP contribution in [-0.2, 0) is 11.3 Å². The van der Waals surface area contributed by atoms with E-state index in [2.05, 4.69) is 34.4 Å². The number of nitrogens with one attached hydrogen (secondary N) is 1. The number of thiazole rings is 1. The lowest BCUT2D eigenvalue weighted by atomic mass is 9.92. The van der Waals surface area contributed by atoms with Crippen molar-refractivity contribution in [3.05, 3.63) is 39.8 Å². The predicted octanol–water partition coefficient (Wildman–Crippen LogP) is 4.97. The number of piperidine rings is 1. The molecule has 1 fully saturated rings. The van der Waals surface area contributed by atoms with Gasteiger partial charge in [-0.05, 0) is 70.3 Å². The third kappa shape index (κ3) is 6.45. The van der Waals surface area contributed by atoms with Gasteiger partial charge in [-0.25, -0.2) is 4.98 Å². The number of aryl methyl sites for hydroxylation is 1. The number of carbonyl (C=O) groups is 1. The van der Waals surface area contributed by atoms with Crippen LogP contribution in [0.3, 0.4) is 0 Å². The van der Waals surface area contributed by atoms with Gasteiger partial charge in [0.2, 0.25) is 5.91 Å². The van der Waals surface area contributed by atoms with Gasteiger partial charge in [0, 0.05) is 17.8 Å². The zero-order valence-electron chi connectivity index (χ0n) is 20.0. The summed E-state index contributed by atoms with van der Waals surface area (Å²) >= 11 is 1.69. The number of ether oxygens (including phenoxy) is 2. The van der Waals surface area contributed by atoms with E-state index in [1.807, 2.05) is 39.0 Å². The van der Waals surface area contributed by atoms with Gasteiger partial charge in [-0.15, -0.1) is 11.3 Å². The van der Waals surface area contributed by atoms with Crippen molar-refractivity contribution in [3.63, 3.8) is 0 Å². The lowest BCUT2D eigenvalue weighted by Crippen LogP contribution is -2.42. The van der Waals surface area contributed by atoms with Crippen molar-refractivity contribution in [1.82, 2.24) is 15.2 Å². The average Bonchev–Trinajstić information content (AvgIpc) is 3.18. The van der Waals surface area contributed by atoms with Crippen molar-refractivity contribution in [1.29, 1.82) is 0 Å². The second-order valence-corrected chi connectivity index (χ2v) is 9.77. The molecular weight excluding hydrogens is 422 g/mol. The molecule has 1 N–H and O–H groups in total. The number of carbonyl (C=O) groups excluding carboxylic acids is 1. The molecule has 1 aliphatic heterocycles. The SMILES string of the molecule is CCOc1ccc(C(NC(=O)C2CCN(Cc3csc(C)n3)CC2)C(C)C)cc1OCC. The second-order valence-electron chi connectivity index (χ2n) is 8.71. The van der Waals surface area contributed by atoms with E-state index in [0.29, 0.717) is 13.2 Å². The summed E-state index contributed by atoms with van der Waals surface area (Å²) in [6.07, 6.45) is 1.76. The van der Waals surface area contributed by atoms with Crippen molar-refractivity contribution in [2.24, 2.45) is 11.8 Å². The van der Waals surface area contributed by atoms with Gasteiger partial charge in [0.25, 0.3) is 0 Å². The number of nitrogens with zero attached hydrogens (tertiary/aromatic N) is 2. The molecule has 176 valence electrons. The van der Waals surface area contributed by atoms with Crippen LogP contribution in [0.2, 0.25) is 0 Å². The van der Waals surface area contributed by atoms with Gasteiger partial charge < -0.3 is 14.8 Å². The molecule has 1 atom stereocenters. The fraction of sp³-hybridized carbons (Fsp3) is 0.600. The summed E-state index contributed by atoms with van der Waals surface area (Å²) in [7, 11) is 0. The first-order chi connectivity index (χ1) is 15.4. The Morgan fingerprint density at radius 1 is 1.19 bits per heavy atom. The van der Waals surface area contributed by atoms with E-state index in [9.17, 15) is 4.79 Å². The molecule has 1 unspecified atom stereocenters. The van der Waals surface area contributed by atoms with Crippen LogP contribution in [0.1, 0.15) is 62.8 Å². The maximum absolute atomic E-state index is 13.1. The molecule has 3 rings (SSSR count). The van der Waals surface area contributed by atoms with Crippen LogP contribution in [-0.4, -0.2) is 42.1 Å². The Balaban J connectivity index is 1.61. The van der Waals surface area contributed by atoms with E-state index in [4.69, 9.17) is 9.47 Å². The van der Waals surface area contributed by atoms with Crippen molar-refractivity contribution in [2.45, 2.75) is 60.0 Å². The summed E-state index contributed by atoms with van der Waals surface area (Å²) in [6, 6.07) is 5.94. The molecule has 0 bridgehead atoms. The maximum atomic E-state index is 13.1. The molecule has 2 heterocycles. The minimum atomic E-state index is -0.0617. The fourth-order valence-electron chi connectivity index (χ4n) is 4.23. The van der Waals surface area contributed by atoms with E-state index in [1.165, 1.54) is 0 Å². The first-order valence-corrected chi connectivity index (χ1v) is 12.6. The van der Waals surface area contributed by atoms with Crippen molar-refractivity contribution in [2.75, 3.05) is 26.3 Å². The Labute approximate surface area is 196 Å². The summed E-state index contributed by atoms with van der Waals surface area (Å²) in [5.41, 5.74) is 2.19. The van der Waals surface area contributed by atoms with Crippen molar-refractivity contribution in [3.8, 4) is 11.5 Å². The predicted molar refractivity (Wildman–Crippen MR) is 129 cm³/mol. The van der Waals surface area contributed by atoms with Crippen LogP contribution in [0.25, 0.3) is 0 Å². The zero-order chi connectivity index (χ0) is 23.1. The smallest absolute Gasteiger partial charge is 0.223 e. The quantitative estimate of drug-likeness (QED) is 0.543. The van der Waals surface area contributed by atoms with Crippen LogP contribution < -0.4 is 14.8 Å². The van der Waals surface area contributed by atoms with Crippen LogP contribution in [0, 0.1) is 18.8 Å². The largest absolute Gasteiger partial charge is 0.490 e.